The van der Waals surface area contributed by atoms with Crippen molar-refractivity contribution in [2.45, 2.75) is 0 Å². The van der Waals surface area contributed by atoms with Crippen LogP contribution in [0, 0.1) is 10.1 Å². The number of nitrogens with zero attached hydrogens (tertiary/aromatic N) is 3. The number of aromatic nitrogens is 2. The SMILES string of the molecule is O=[N+]([O-])c1cc(N2CCOCC2)n[nH]1. The van der Waals surface area contributed by atoms with Gasteiger partial charge in [0.2, 0.25) is 0 Å². The fourth-order valence-corrected chi connectivity index (χ4v) is 1.35. The van der Waals surface area contributed by atoms with Gasteiger partial charge in [-0.05, 0) is 4.92 Å². The lowest BCUT2D eigenvalue weighted by molar-refractivity contribution is -0.389. The maximum Gasteiger partial charge on any atom is 0.344 e. The molecule has 0 saturated carbocycles. The number of ether oxygens (including phenoxy) is 1. The number of nitro groups is 1. The Morgan fingerprint density at radius 3 is 2.86 bits per heavy atom. The zero-order chi connectivity index (χ0) is 9.97. The van der Waals surface area contributed by atoms with E-state index in [1.165, 1.54) is 6.07 Å². The summed E-state index contributed by atoms with van der Waals surface area (Å²) in [4.78, 5) is 11.9. The topological polar surface area (TPSA) is 84.3 Å². The molecule has 2 heterocycles. The van der Waals surface area contributed by atoms with Crippen LogP contribution in [0.4, 0.5) is 11.6 Å². The van der Waals surface area contributed by atoms with Crippen LogP contribution >= 0.6 is 0 Å². The van der Waals surface area contributed by atoms with Gasteiger partial charge in [0.1, 0.15) is 0 Å². The molecule has 0 amide bonds. The number of H-pyrrole nitrogens is 1. The fraction of sp³-hybridized carbons (Fsp3) is 0.571. The van der Waals surface area contributed by atoms with Crippen LogP contribution in [0.1, 0.15) is 0 Å². The molecular weight excluding hydrogens is 188 g/mol. The van der Waals surface area contributed by atoms with E-state index in [-0.39, 0.29) is 5.82 Å². The van der Waals surface area contributed by atoms with Crippen LogP contribution < -0.4 is 4.90 Å². The number of anilines is 1. The Morgan fingerprint density at radius 2 is 2.29 bits per heavy atom. The van der Waals surface area contributed by atoms with Gasteiger partial charge < -0.3 is 19.8 Å². The van der Waals surface area contributed by atoms with E-state index in [1.54, 1.807) is 0 Å². The summed E-state index contributed by atoms with van der Waals surface area (Å²) in [6.45, 7) is 2.73. The molecule has 1 N–H and O–H groups in total. The van der Waals surface area contributed by atoms with Crippen molar-refractivity contribution in [1.29, 1.82) is 0 Å². The van der Waals surface area contributed by atoms with E-state index < -0.39 is 4.92 Å². The van der Waals surface area contributed by atoms with Gasteiger partial charge >= 0.3 is 5.82 Å². The Morgan fingerprint density at radius 1 is 1.57 bits per heavy atom. The van der Waals surface area contributed by atoms with Crippen molar-refractivity contribution in [2.24, 2.45) is 0 Å². The van der Waals surface area contributed by atoms with E-state index >= 15 is 0 Å². The van der Waals surface area contributed by atoms with Gasteiger partial charge in [0, 0.05) is 13.1 Å². The van der Waals surface area contributed by atoms with Crippen LogP contribution in [-0.4, -0.2) is 41.4 Å². The van der Waals surface area contributed by atoms with E-state index in [0.29, 0.717) is 19.0 Å². The number of rotatable bonds is 2. The van der Waals surface area contributed by atoms with Gasteiger partial charge in [0.15, 0.2) is 5.82 Å². The standard InChI is InChI=1S/C7H10N4O3/c12-11(13)7-5-6(8-9-7)10-1-3-14-4-2-10/h5H,1-4H2,(H,8,9). The number of nitrogens with one attached hydrogen (secondary N) is 1. The highest BCUT2D eigenvalue weighted by Crippen LogP contribution is 2.17. The smallest absolute Gasteiger partial charge is 0.344 e. The van der Waals surface area contributed by atoms with Crippen LogP contribution in [0.15, 0.2) is 6.07 Å². The molecule has 0 aliphatic carbocycles. The molecule has 1 aromatic heterocycles. The molecule has 0 unspecified atom stereocenters. The van der Waals surface area contributed by atoms with Gasteiger partial charge in [0.25, 0.3) is 0 Å². The Balaban J connectivity index is 2.11. The largest absolute Gasteiger partial charge is 0.378 e. The highest BCUT2D eigenvalue weighted by Gasteiger charge is 2.17. The Labute approximate surface area is 79.8 Å². The van der Waals surface area contributed by atoms with Crippen LogP contribution in [0.25, 0.3) is 0 Å². The van der Waals surface area contributed by atoms with Crippen LogP contribution in [0.5, 0.6) is 0 Å². The summed E-state index contributed by atoms with van der Waals surface area (Å²) in [6, 6.07) is 1.44. The molecule has 1 aromatic rings. The number of hydrogen-bond donors (Lipinski definition) is 1. The quantitative estimate of drug-likeness (QED) is 0.540. The molecule has 1 aliphatic rings. The zero-order valence-electron chi connectivity index (χ0n) is 7.47. The molecule has 0 radical (unpaired) electrons. The van der Waals surface area contributed by atoms with Gasteiger partial charge in [-0.15, -0.1) is 5.10 Å². The molecule has 0 atom stereocenters. The zero-order valence-corrected chi connectivity index (χ0v) is 7.47. The maximum atomic E-state index is 10.4. The average Bonchev–Trinajstić information content (AvgIpc) is 2.68. The molecule has 14 heavy (non-hydrogen) atoms. The summed E-state index contributed by atoms with van der Waals surface area (Å²) in [7, 11) is 0. The molecule has 76 valence electrons. The molecule has 1 aliphatic heterocycles. The second-order valence-corrected chi connectivity index (χ2v) is 2.97. The summed E-state index contributed by atoms with van der Waals surface area (Å²) >= 11 is 0. The predicted molar refractivity (Wildman–Crippen MR) is 48.3 cm³/mol. The van der Waals surface area contributed by atoms with Gasteiger partial charge in [-0.1, -0.05) is 5.10 Å². The number of aromatic amines is 1. The van der Waals surface area contributed by atoms with Crippen molar-refractivity contribution in [3.05, 3.63) is 16.2 Å². The minimum atomic E-state index is -0.489. The van der Waals surface area contributed by atoms with Crippen molar-refractivity contribution in [3.63, 3.8) is 0 Å². The summed E-state index contributed by atoms with van der Waals surface area (Å²) in [5.74, 6) is 0.534. The second-order valence-electron chi connectivity index (χ2n) is 2.97. The molecule has 1 saturated heterocycles. The van der Waals surface area contributed by atoms with Crippen LogP contribution in [-0.2, 0) is 4.74 Å². The first kappa shape index (κ1) is 8.95. The molecule has 0 spiro atoms. The van der Waals surface area contributed by atoms with Crippen molar-refractivity contribution in [3.8, 4) is 0 Å². The fourth-order valence-electron chi connectivity index (χ4n) is 1.35. The monoisotopic (exact) mass is 198 g/mol. The Bertz CT molecular complexity index is 331. The third kappa shape index (κ3) is 1.67. The van der Waals surface area contributed by atoms with E-state index in [1.807, 2.05) is 4.90 Å². The van der Waals surface area contributed by atoms with Gasteiger partial charge in [-0.3, -0.25) is 0 Å². The minimum absolute atomic E-state index is 0.0773. The van der Waals surface area contributed by atoms with Crippen LogP contribution in [0.2, 0.25) is 0 Å². The highest BCUT2D eigenvalue weighted by atomic mass is 16.6. The van der Waals surface area contributed by atoms with E-state index in [9.17, 15) is 10.1 Å². The van der Waals surface area contributed by atoms with Crippen LogP contribution in [0.3, 0.4) is 0 Å². The van der Waals surface area contributed by atoms with Gasteiger partial charge in [-0.25, -0.2) is 0 Å². The molecule has 1 fully saturated rings. The lowest BCUT2D eigenvalue weighted by Gasteiger charge is -2.25. The summed E-state index contributed by atoms with van der Waals surface area (Å²) in [5, 5.41) is 16.6. The molecule has 7 nitrogen and oxygen atoms in total. The molecule has 0 aromatic carbocycles. The number of hydrogen-bond acceptors (Lipinski definition) is 5. The van der Waals surface area contributed by atoms with Gasteiger partial charge in [0.05, 0.1) is 19.3 Å². The number of morpholine rings is 1. The lowest BCUT2D eigenvalue weighted by atomic mass is 10.4. The summed E-state index contributed by atoms with van der Waals surface area (Å²) < 4.78 is 5.16. The predicted octanol–water partition coefficient (Wildman–Crippen LogP) is 0.154. The third-order valence-electron chi connectivity index (χ3n) is 2.08. The Hall–Kier alpha value is -1.63. The first-order valence-electron chi connectivity index (χ1n) is 4.30. The van der Waals surface area contributed by atoms with Gasteiger partial charge in [-0.2, -0.15) is 0 Å². The summed E-state index contributed by atoms with van der Waals surface area (Å²) in [6.07, 6.45) is 0. The second kappa shape index (κ2) is 3.62. The van der Waals surface area contributed by atoms with Crippen molar-refractivity contribution in [1.82, 2.24) is 10.2 Å². The van der Waals surface area contributed by atoms with E-state index in [4.69, 9.17) is 4.74 Å². The third-order valence-corrected chi connectivity index (χ3v) is 2.08. The van der Waals surface area contributed by atoms with Crippen molar-refractivity contribution in [2.75, 3.05) is 31.2 Å². The van der Waals surface area contributed by atoms with Crippen molar-refractivity contribution < 1.29 is 9.66 Å². The first-order chi connectivity index (χ1) is 6.77. The minimum Gasteiger partial charge on any atom is -0.378 e. The lowest BCUT2D eigenvalue weighted by Crippen LogP contribution is -2.36. The highest BCUT2D eigenvalue weighted by molar-refractivity contribution is 5.43. The normalized spacial score (nSPS) is 17.0. The molecule has 2 rings (SSSR count). The maximum absolute atomic E-state index is 10.4. The Kier molecular flexibility index (Phi) is 2.32. The molecular formula is C7H10N4O3. The van der Waals surface area contributed by atoms with Crippen molar-refractivity contribution >= 4 is 11.6 Å². The average molecular weight is 198 g/mol. The summed E-state index contributed by atoms with van der Waals surface area (Å²) in [5.41, 5.74) is 0. The molecule has 7 heteroatoms. The molecule has 0 bridgehead atoms. The first-order valence-corrected chi connectivity index (χ1v) is 4.30. The van der Waals surface area contributed by atoms with E-state index in [0.717, 1.165) is 13.1 Å². The van der Waals surface area contributed by atoms with E-state index in [2.05, 4.69) is 10.2 Å².